The van der Waals surface area contributed by atoms with Gasteiger partial charge < -0.3 is 21.4 Å². The molecule has 1 unspecified atom stereocenters. The zero-order chi connectivity index (χ0) is 13.7. The Kier molecular flexibility index (Phi) is 4.20. The second-order valence-corrected chi connectivity index (χ2v) is 4.27. The van der Waals surface area contributed by atoms with E-state index in [0.717, 1.165) is 16.5 Å². The number of hydrogen-bond donors (Lipinski definition) is 3. The maximum absolute atomic E-state index is 9.74. The molecule has 0 aromatic heterocycles. The van der Waals surface area contributed by atoms with Gasteiger partial charge in [0.05, 0.1) is 6.10 Å². The highest BCUT2D eigenvalue weighted by molar-refractivity contribution is 5.88. The van der Waals surface area contributed by atoms with Gasteiger partial charge in [0.15, 0.2) is 0 Å². The lowest BCUT2D eigenvalue weighted by atomic mass is 10.1. The molecule has 100 valence electrons. The van der Waals surface area contributed by atoms with Crippen molar-refractivity contribution in [1.82, 2.24) is 0 Å². The number of hydrogen-bond acceptors (Lipinski definition) is 4. The number of fused-ring (bicyclic) bond motifs is 1. The number of nitrogens with zero attached hydrogens (tertiary/aromatic N) is 1. The fraction of sp³-hybridized carbons (Fsp3) is 0.214. The molecule has 0 heterocycles. The van der Waals surface area contributed by atoms with Crippen molar-refractivity contribution in [2.75, 3.05) is 6.61 Å². The van der Waals surface area contributed by atoms with Gasteiger partial charge in [-0.15, -0.1) is 0 Å². The molecule has 5 heteroatoms. The summed E-state index contributed by atoms with van der Waals surface area (Å²) in [6.07, 6.45) is -0.535. The molecule has 0 spiro atoms. The van der Waals surface area contributed by atoms with Crippen molar-refractivity contribution in [3.8, 4) is 5.75 Å². The van der Waals surface area contributed by atoms with E-state index < -0.39 is 6.10 Å². The number of aliphatic hydroxyl groups is 1. The number of nitrogens with two attached hydrogens (primary N) is 2. The first-order valence-electron chi connectivity index (χ1n) is 6.01. The van der Waals surface area contributed by atoms with Gasteiger partial charge in [-0.3, -0.25) is 0 Å². The van der Waals surface area contributed by atoms with Crippen molar-refractivity contribution >= 4 is 16.6 Å². The molecule has 0 amide bonds. The van der Waals surface area contributed by atoms with Gasteiger partial charge in [-0.05, 0) is 11.5 Å². The van der Waals surface area contributed by atoms with E-state index in [-0.39, 0.29) is 18.9 Å². The van der Waals surface area contributed by atoms with E-state index >= 15 is 0 Å². The zero-order valence-corrected chi connectivity index (χ0v) is 10.5. The summed E-state index contributed by atoms with van der Waals surface area (Å²) in [6, 6.07) is 13.7. The maximum Gasteiger partial charge on any atom is 0.127 e. The number of ether oxygens (including phenoxy) is 1. The third-order valence-electron chi connectivity index (χ3n) is 2.79. The molecule has 2 aromatic rings. The van der Waals surface area contributed by atoms with E-state index in [1.807, 2.05) is 42.5 Å². The van der Waals surface area contributed by atoms with E-state index in [1.54, 1.807) is 0 Å². The van der Waals surface area contributed by atoms with Gasteiger partial charge in [-0.25, -0.2) is 0 Å². The number of amidine groups is 1. The van der Waals surface area contributed by atoms with E-state index in [0.29, 0.717) is 0 Å². The Bertz CT molecular complexity index is 578. The smallest absolute Gasteiger partial charge is 0.127 e. The van der Waals surface area contributed by atoms with Crippen LogP contribution in [0.1, 0.15) is 6.42 Å². The molecule has 1 atom stereocenters. The lowest BCUT2D eigenvalue weighted by Crippen LogP contribution is -2.26. The molecule has 5 N–H and O–H groups in total. The van der Waals surface area contributed by atoms with Crippen LogP contribution in [0.5, 0.6) is 5.75 Å². The van der Waals surface area contributed by atoms with Crippen molar-refractivity contribution < 1.29 is 9.84 Å². The zero-order valence-electron chi connectivity index (χ0n) is 10.5. The van der Waals surface area contributed by atoms with Crippen molar-refractivity contribution in [3.05, 3.63) is 42.5 Å². The summed E-state index contributed by atoms with van der Waals surface area (Å²) in [7, 11) is 0. The second-order valence-electron chi connectivity index (χ2n) is 4.27. The Morgan fingerprint density at radius 3 is 2.74 bits per heavy atom. The van der Waals surface area contributed by atoms with Crippen molar-refractivity contribution in [2.24, 2.45) is 16.7 Å². The average molecular weight is 259 g/mol. The summed E-state index contributed by atoms with van der Waals surface area (Å²) in [4.78, 5) is 0. The molecule has 2 aromatic carbocycles. The first-order valence-corrected chi connectivity index (χ1v) is 6.01. The first-order chi connectivity index (χ1) is 9.20. The third kappa shape index (κ3) is 3.35. The van der Waals surface area contributed by atoms with E-state index in [9.17, 15) is 5.11 Å². The summed E-state index contributed by atoms with van der Waals surface area (Å²) in [6.45, 7) is 0.143. The number of hydrazone groups is 1. The van der Waals surface area contributed by atoms with E-state index in [4.69, 9.17) is 16.3 Å². The molecule has 0 aliphatic carbocycles. The van der Waals surface area contributed by atoms with Crippen LogP contribution in [0.3, 0.4) is 0 Å². The largest absolute Gasteiger partial charge is 0.490 e. The van der Waals surface area contributed by atoms with E-state index in [1.165, 1.54) is 0 Å². The maximum atomic E-state index is 9.74. The molecule has 0 bridgehead atoms. The van der Waals surface area contributed by atoms with Gasteiger partial charge in [0.25, 0.3) is 0 Å². The van der Waals surface area contributed by atoms with Crippen molar-refractivity contribution in [3.63, 3.8) is 0 Å². The highest BCUT2D eigenvalue weighted by Gasteiger charge is 2.09. The minimum atomic E-state index is -0.730. The summed E-state index contributed by atoms with van der Waals surface area (Å²) in [5, 5.41) is 15.2. The molecule has 5 nitrogen and oxygen atoms in total. The van der Waals surface area contributed by atoms with Crippen LogP contribution in [0.15, 0.2) is 47.6 Å². The molecule has 0 aliphatic heterocycles. The van der Waals surface area contributed by atoms with E-state index in [2.05, 4.69) is 5.10 Å². The number of aliphatic hydroxyl groups excluding tert-OH is 1. The molecule has 0 saturated heterocycles. The van der Waals surface area contributed by atoms with Crippen LogP contribution in [-0.2, 0) is 0 Å². The monoisotopic (exact) mass is 259 g/mol. The van der Waals surface area contributed by atoms with Gasteiger partial charge >= 0.3 is 0 Å². The Balaban J connectivity index is 2.06. The van der Waals surface area contributed by atoms with Crippen LogP contribution in [0.25, 0.3) is 10.8 Å². The standard InChI is InChI=1S/C14H17N3O2/c15-14(17-16)8-11(18)9-19-13-7-3-5-10-4-1-2-6-12(10)13/h1-7,11,18H,8-9,16H2,(H2,15,17). The number of rotatable bonds is 5. The first kappa shape index (κ1) is 13.2. The SMILES string of the molecule is NN=C(N)CC(O)COc1cccc2ccccc12. The van der Waals surface area contributed by atoms with Crippen LogP contribution in [0.4, 0.5) is 0 Å². The molecular weight excluding hydrogens is 242 g/mol. The van der Waals surface area contributed by atoms with Crippen LogP contribution in [0.2, 0.25) is 0 Å². The molecule has 0 fully saturated rings. The Morgan fingerprint density at radius 2 is 1.95 bits per heavy atom. The highest BCUT2D eigenvalue weighted by Crippen LogP contribution is 2.25. The second kappa shape index (κ2) is 6.06. The lowest BCUT2D eigenvalue weighted by Gasteiger charge is -2.13. The van der Waals surface area contributed by atoms with Crippen LogP contribution in [0, 0.1) is 0 Å². The van der Waals surface area contributed by atoms with Gasteiger partial charge in [0.1, 0.15) is 18.2 Å². The minimum absolute atomic E-state index is 0.143. The fourth-order valence-electron chi connectivity index (χ4n) is 1.86. The third-order valence-corrected chi connectivity index (χ3v) is 2.79. The predicted octanol–water partition coefficient (Wildman–Crippen LogP) is 1.20. The molecule has 19 heavy (non-hydrogen) atoms. The van der Waals surface area contributed by atoms with Gasteiger partial charge in [-0.2, -0.15) is 5.10 Å². The number of benzene rings is 2. The van der Waals surface area contributed by atoms with Gasteiger partial charge in [0, 0.05) is 11.8 Å². The summed E-state index contributed by atoms with van der Waals surface area (Å²) in [5.41, 5.74) is 5.44. The summed E-state index contributed by atoms with van der Waals surface area (Å²) >= 11 is 0. The van der Waals surface area contributed by atoms with Crippen LogP contribution >= 0.6 is 0 Å². The normalized spacial score (nSPS) is 13.4. The van der Waals surface area contributed by atoms with Gasteiger partial charge in [0.2, 0.25) is 0 Å². The summed E-state index contributed by atoms with van der Waals surface area (Å²) < 4.78 is 5.63. The van der Waals surface area contributed by atoms with Crippen LogP contribution < -0.4 is 16.3 Å². The molecule has 2 rings (SSSR count). The molecule has 0 saturated carbocycles. The molecule has 0 radical (unpaired) electrons. The quantitative estimate of drug-likeness (QED) is 0.325. The molecule has 0 aliphatic rings. The Morgan fingerprint density at radius 1 is 1.21 bits per heavy atom. The minimum Gasteiger partial charge on any atom is -0.490 e. The van der Waals surface area contributed by atoms with Crippen molar-refractivity contribution in [2.45, 2.75) is 12.5 Å². The van der Waals surface area contributed by atoms with Gasteiger partial charge in [-0.1, -0.05) is 36.4 Å². The lowest BCUT2D eigenvalue weighted by molar-refractivity contribution is 0.114. The average Bonchev–Trinajstić information content (AvgIpc) is 2.44. The van der Waals surface area contributed by atoms with Crippen LogP contribution in [-0.4, -0.2) is 23.7 Å². The Labute approximate surface area is 111 Å². The topological polar surface area (TPSA) is 93.9 Å². The molecular formula is C14H17N3O2. The highest BCUT2D eigenvalue weighted by atomic mass is 16.5. The summed E-state index contributed by atoms with van der Waals surface area (Å²) in [5.74, 6) is 5.95. The Hall–Kier alpha value is -2.27. The predicted molar refractivity (Wildman–Crippen MR) is 75.9 cm³/mol. The fourth-order valence-corrected chi connectivity index (χ4v) is 1.86. The van der Waals surface area contributed by atoms with Crippen molar-refractivity contribution in [1.29, 1.82) is 0 Å².